The van der Waals surface area contributed by atoms with Crippen LogP contribution >= 0.6 is 11.6 Å². The summed E-state index contributed by atoms with van der Waals surface area (Å²) in [4.78, 5) is 35.3. The standard InChI is InChI=1S/C14H12ClFN2O3/c1-8(19)10-7-18(14(21)17(2)13(10)20)6-9-3-4-12(16)11(15)5-9/h3-5,7H,6H2,1-2H3. The summed E-state index contributed by atoms with van der Waals surface area (Å²) in [6.07, 6.45) is 1.21. The highest BCUT2D eigenvalue weighted by Crippen LogP contribution is 2.16. The van der Waals surface area contributed by atoms with Crippen LogP contribution in [0.15, 0.2) is 34.0 Å². The Labute approximate surface area is 124 Å². The zero-order chi connectivity index (χ0) is 15.7. The maximum absolute atomic E-state index is 13.1. The van der Waals surface area contributed by atoms with Gasteiger partial charge in [0.2, 0.25) is 0 Å². The van der Waals surface area contributed by atoms with E-state index in [-0.39, 0.29) is 17.1 Å². The van der Waals surface area contributed by atoms with Crippen molar-refractivity contribution in [1.82, 2.24) is 9.13 Å². The van der Waals surface area contributed by atoms with Crippen LogP contribution in [0.5, 0.6) is 0 Å². The molecule has 21 heavy (non-hydrogen) atoms. The Balaban J connectivity index is 2.54. The van der Waals surface area contributed by atoms with E-state index in [0.717, 1.165) is 4.57 Å². The van der Waals surface area contributed by atoms with Gasteiger partial charge in [-0.05, 0) is 24.6 Å². The van der Waals surface area contributed by atoms with Gasteiger partial charge in [-0.3, -0.25) is 18.7 Å². The Bertz CT molecular complexity index is 839. The molecule has 0 aliphatic carbocycles. The van der Waals surface area contributed by atoms with Gasteiger partial charge in [0.25, 0.3) is 5.56 Å². The molecule has 5 nitrogen and oxygen atoms in total. The summed E-state index contributed by atoms with van der Waals surface area (Å²) < 4.78 is 15.2. The molecule has 2 aromatic rings. The van der Waals surface area contributed by atoms with Gasteiger partial charge >= 0.3 is 5.69 Å². The summed E-state index contributed by atoms with van der Waals surface area (Å²) in [6, 6.07) is 4.06. The third-order valence-corrected chi connectivity index (χ3v) is 3.36. The van der Waals surface area contributed by atoms with E-state index >= 15 is 0 Å². The van der Waals surface area contributed by atoms with Gasteiger partial charge in [0.1, 0.15) is 5.82 Å². The highest BCUT2D eigenvalue weighted by atomic mass is 35.5. The predicted octanol–water partition coefficient (Wildman–Crippen LogP) is 1.59. The van der Waals surface area contributed by atoms with E-state index in [1.807, 2.05) is 0 Å². The van der Waals surface area contributed by atoms with E-state index in [0.29, 0.717) is 5.56 Å². The zero-order valence-electron chi connectivity index (χ0n) is 11.4. The van der Waals surface area contributed by atoms with Crippen molar-refractivity contribution in [3.05, 3.63) is 67.2 Å². The van der Waals surface area contributed by atoms with Gasteiger partial charge in [-0.2, -0.15) is 0 Å². The fraction of sp³-hybridized carbons (Fsp3) is 0.214. The number of hydrogen-bond donors (Lipinski definition) is 0. The minimum atomic E-state index is -0.638. The number of carbonyl (C=O) groups excluding carboxylic acids is 1. The van der Waals surface area contributed by atoms with Gasteiger partial charge in [-0.25, -0.2) is 9.18 Å². The van der Waals surface area contributed by atoms with Crippen molar-refractivity contribution in [3.63, 3.8) is 0 Å². The number of hydrogen-bond acceptors (Lipinski definition) is 3. The van der Waals surface area contributed by atoms with Gasteiger partial charge < -0.3 is 0 Å². The highest BCUT2D eigenvalue weighted by Gasteiger charge is 2.12. The third-order valence-electron chi connectivity index (χ3n) is 3.07. The number of nitrogens with zero attached hydrogens (tertiary/aromatic N) is 2. The molecule has 0 bridgehead atoms. The topological polar surface area (TPSA) is 61.1 Å². The summed E-state index contributed by atoms with van der Waals surface area (Å²) in [5.41, 5.74) is -0.701. The molecule has 0 saturated carbocycles. The second kappa shape index (κ2) is 5.65. The number of aromatic nitrogens is 2. The van der Waals surface area contributed by atoms with Crippen LogP contribution in [0.4, 0.5) is 4.39 Å². The lowest BCUT2D eigenvalue weighted by Crippen LogP contribution is -2.40. The van der Waals surface area contributed by atoms with Crippen molar-refractivity contribution in [1.29, 1.82) is 0 Å². The van der Waals surface area contributed by atoms with Crippen LogP contribution in [0, 0.1) is 5.82 Å². The first-order valence-corrected chi connectivity index (χ1v) is 6.44. The molecule has 1 aromatic carbocycles. The largest absolute Gasteiger partial charge is 0.331 e. The lowest BCUT2D eigenvalue weighted by atomic mass is 10.2. The number of halogens is 2. The molecule has 0 spiro atoms. The molecule has 1 heterocycles. The van der Waals surface area contributed by atoms with Crippen molar-refractivity contribution in [2.45, 2.75) is 13.5 Å². The Kier molecular flexibility index (Phi) is 4.09. The summed E-state index contributed by atoms with van der Waals surface area (Å²) >= 11 is 5.69. The molecule has 0 fully saturated rings. The lowest BCUT2D eigenvalue weighted by molar-refractivity contribution is 0.101. The quantitative estimate of drug-likeness (QED) is 0.809. The SMILES string of the molecule is CC(=O)c1cn(Cc2ccc(F)c(Cl)c2)c(=O)n(C)c1=O. The molecule has 0 aliphatic rings. The highest BCUT2D eigenvalue weighted by molar-refractivity contribution is 6.30. The Hall–Kier alpha value is -2.21. The van der Waals surface area contributed by atoms with E-state index in [9.17, 15) is 18.8 Å². The van der Waals surface area contributed by atoms with Crippen LogP contribution in [0.2, 0.25) is 5.02 Å². The number of carbonyl (C=O) groups is 1. The van der Waals surface area contributed by atoms with E-state index in [4.69, 9.17) is 11.6 Å². The van der Waals surface area contributed by atoms with Gasteiger partial charge in [0, 0.05) is 13.2 Å². The monoisotopic (exact) mass is 310 g/mol. The summed E-state index contributed by atoms with van der Waals surface area (Å²) in [5, 5.41) is -0.0582. The van der Waals surface area contributed by atoms with Crippen LogP contribution in [-0.4, -0.2) is 14.9 Å². The molecule has 0 saturated heterocycles. The van der Waals surface area contributed by atoms with Crippen molar-refractivity contribution in [2.75, 3.05) is 0 Å². The van der Waals surface area contributed by atoms with E-state index in [1.54, 1.807) is 0 Å². The first kappa shape index (κ1) is 15.2. The van der Waals surface area contributed by atoms with Crippen LogP contribution in [0.3, 0.4) is 0 Å². The fourth-order valence-electron chi connectivity index (χ4n) is 1.92. The lowest BCUT2D eigenvalue weighted by Gasteiger charge is -2.10. The molecule has 1 aromatic heterocycles. The van der Waals surface area contributed by atoms with Crippen LogP contribution in [0.1, 0.15) is 22.8 Å². The van der Waals surface area contributed by atoms with Crippen molar-refractivity contribution >= 4 is 17.4 Å². The maximum atomic E-state index is 13.1. The molecular weight excluding hydrogens is 299 g/mol. The molecule has 0 aliphatic heterocycles. The molecular formula is C14H12ClFN2O3. The van der Waals surface area contributed by atoms with Crippen LogP contribution in [0.25, 0.3) is 0 Å². The van der Waals surface area contributed by atoms with E-state index < -0.39 is 22.8 Å². The van der Waals surface area contributed by atoms with Gasteiger partial charge in [0.15, 0.2) is 5.78 Å². The predicted molar refractivity (Wildman–Crippen MR) is 76.5 cm³/mol. The van der Waals surface area contributed by atoms with Crippen LogP contribution < -0.4 is 11.2 Å². The molecule has 0 N–H and O–H groups in total. The number of ketones is 1. The molecule has 0 radical (unpaired) electrons. The normalized spacial score (nSPS) is 10.7. The van der Waals surface area contributed by atoms with Gasteiger partial charge in [-0.1, -0.05) is 17.7 Å². The number of benzene rings is 1. The Morgan fingerprint density at radius 1 is 1.33 bits per heavy atom. The van der Waals surface area contributed by atoms with Crippen molar-refractivity contribution in [2.24, 2.45) is 7.05 Å². The molecule has 7 heteroatoms. The first-order chi connectivity index (χ1) is 9.81. The number of rotatable bonds is 3. The van der Waals surface area contributed by atoms with E-state index in [1.165, 1.54) is 42.9 Å². The summed E-state index contributed by atoms with van der Waals surface area (Å²) in [7, 11) is 1.30. The smallest absolute Gasteiger partial charge is 0.295 e. The zero-order valence-corrected chi connectivity index (χ0v) is 12.1. The van der Waals surface area contributed by atoms with Crippen molar-refractivity contribution < 1.29 is 9.18 Å². The first-order valence-electron chi connectivity index (χ1n) is 6.06. The number of Topliss-reactive ketones (excluding diaryl/α,β-unsaturated/α-hetero) is 1. The Morgan fingerprint density at radius 3 is 2.57 bits per heavy atom. The van der Waals surface area contributed by atoms with Gasteiger partial charge in [0.05, 0.1) is 17.1 Å². The summed E-state index contributed by atoms with van der Waals surface area (Å²) in [5.74, 6) is -0.987. The second-order valence-electron chi connectivity index (χ2n) is 4.62. The average Bonchev–Trinajstić information content (AvgIpc) is 2.43. The second-order valence-corrected chi connectivity index (χ2v) is 5.03. The molecule has 0 amide bonds. The third kappa shape index (κ3) is 2.95. The summed E-state index contributed by atoms with van der Waals surface area (Å²) in [6.45, 7) is 1.33. The molecule has 110 valence electrons. The average molecular weight is 311 g/mol. The van der Waals surface area contributed by atoms with Crippen molar-refractivity contribution in [3.8, 4) is 0 Å². The van der Waals surface area contributed by atoms with E-state index in [2.05, 4.69) is 0 Å². The fourth-order valence-corrected chi connectivity index (χ4v) is 2.12. The molecule has 0 unspecified atom stereocenters. The minimum Gasteiger partial charge on any atom is -0.295 e. The minimum absolute atomic E-state index is 0.0582. The maximum Gasteiger partial charge on any atom is 0.331 e. The van der Waals surface area contributed by atoms with Crippen LogP contribution in [-0.2, 0) is 13.6 Å². The Morgan fingerprint density at radius 2 is 2.00 bits per heavy atom. The molecule has 0 atom stereocenters. The molecule has 2 rings (SSSR count). The van der Waals surface area contributed by atoms with Gasteiger partial charge in [-0.15, -0.1) is 0 Å².